The number of rotatable bonds is 26. The molecule has 0 bridgehead atoms. The van der Waals surface area contributed by atoms with Crippen molar-refractivity contribution in [3.63, 3.8) is 0 Å². The van der Waals surface area contributed by atoms with Gasteiger partial charge in [-0.1, -0.05) is 108 Å². The smallest absolute Gasteiger partial charge is 0.224 e. The molecule has 36 heavy (non-hydrogen) atoms. The number of aryl methyl sites for hydroxylation is 1. The first-order chi connectivity index (χ1) is 17.9. The van der Waals surface area contributed by atoms with Gasteiger partial charge in [0.15, 0.2) is 6.20 Å². The molecule has 0 radical (unpaired) electrons. The molecule has 2 heterocycles. The Balaban J connectivity index is 1.25. The van der Waals surface area contributed by atoms with Crippen LogP contribution in [0, 0.1) is 5.92 Å². The number of thiazole rings is 1. The second-order valence-electron chi connectivity index (χ2n) is 11.0. The summed E-state index contributed by atoms with van der Waals surface area (Å²) in [4.78, 5) is 0. The van der Waals surface area contributed by atoms with Gasteiger partial charge < -0.3 is 14.2 Å². The Morgan fingerprint density at radius 2 is 1.28 bits per heavy atom. The van der Waals surface area contributed by atoms with E-state index in [1.165, 1.54) is 109 Å². The van der Waals surface area contributed by atoms with Gasteiger partial charge >= 0.3 is 0 Å². The highest BCUT2D eigenvalue weighted by atomic mass is 32.1. The van der Waals surface area contributed by atoms with Crippen LogP contribution in [0.4, 0.5) is 0 Å². The zero-order valence-electron chi connectivity index (χ0n) is 23.6. The maximum Gasteiger partial charge on any atom is 0.224 e. The lowest BCUT2D eigenvalue weighted by atomic mass is 10.0. The molecule has 0 amide bonds. The van der Waals surface area contributed by atoms with E-state index >= 15 is 0 Å². The number of hydrogen-bond acceptors (Lipinski definition) is 4. The number of aromatic nitrogens is 1. The minimum absolute atomic E-state index is 0.273. The van der Waals surface area contributed by atoms with Crippen molar-refractivity contribution in [2.24, 2.45) is 5.92 Å². The fourth-order valence-electron chi connectivity index (χ4n) is 5.12. The van der Waals surface area contributed by atoms with Gasteiger partial charge in [-0.15, -0.1) is 0 Å². The highest BCUT2D eigenvalue weighted by molar-refractivity contribution is 7.07. The van der Waals surface area contributed by atoms with Gasteiger partial charge in [0.2, 0.25) is 5.51 Å². The Bertz CT molecular complexity index is 568. The van der Waals surface area contributed by atoms with Crippen LogP contribution in [0.25, 0.3) is 0 Å². The molecule has 210 valence electrons. The summed E-state index contributed by atoms with van der Waals surface area (Å²) >= 11 is 1.76. The first-order valence-electron chi connectivity index (χ1n) is 15.6. The van der Waals surface area contributed by atoms with Gasteiger partial charge in [0.25, 0.3) is 0 Å². The molecule has 1 fully saturated rings. The van der Waals surface area contributed by atoms with Crippen LogP contribution < -0.4 is 4.57 Å². The maximum absolute atomic E-state index is 5.96. The summed E-state index contributed by atoms with van der Waals surface area (Å²) in [5.74, 6) is 0.555. The van der Waals surface area contributed by atoms with Crippen molar-refractivity contribution in [3.05, 3.63) is 17.1 Å². The van der Waals surface area contributed by atoms with Crippen LogP contribution in [-0.4, -0.2) is 39.1 Å². The van der Waals surface area contributed by atoms with Crippen molar-refractivity contribution in [3.8, 4) is 0 Å². The van der Waals surface area contributed by atoms with Crippen LogP contribution in [0.5, 0.6) is 0 Å². The molecule has 1 aliphatic rings. The van der Waals surface area contributed by atoms with Gasteiger partial charge in [-0.3, -0.25) is 0 Å². The third-order valence-electron chi connectivity index (χ3n) is 7.45. The monoisotopic (exact) mass is 524 g/mol. The molecule has 5 heteroatoms. The molecule has 2 rings (SSSR count). The van der Waals surface area contributed by atoms with E-state index in [2.05, 4.69) is 28.6 Å². The van der Waals surface area contributed by atoms with Gasteiger partial charge in [0, 0.05) is 25.6 Å². The SMILES string of the molecule is CCCCCCCCCCCCCCCCOC[C@H]1CO[C@H](COCCCCCC[n+]2ccsc2)C1. The maximum atomic E-state index is 5.96. The average molecular weight is 525 g/mol. The lowest BCUT2D eigenvalue weighted by molar-refractivity contribution is -0.692. The van der Waals surface area contributed by atoms with Crippen molar-refractivity contribution in [2.75, 3.05) is 33.0 Å². The zero-order chi connectivity index (χ0) is 25.4. The van der Waals surface area contributed by atoms with Crippen LogP contribution in [0.1, 0.15) is 129 Å². The molecule has 4 nitrogen and oxygen atoms in total. The van der Waals surface area contributed by atoms with Crippen molar-refractivity contribution in [1.82, 2.24) is 0 Å². The van der Waals surface area contributed by atoms with Gasteiger partial charge in [0.05, 0.1) is 31.3 Å². The number of unbranched alkanes of at least 4 members (excludes halogenated alkanes) is 16. The van der Waals surface area contributed by atoms with Crippen LogP contribution in [-0.2, 0) is 20.8 Å². The van der Waals surface area contributed by atoms with Crippen LogP contribution in [0.2, 0.25) is 0 Å². The fourth-order valence-corrected chi connectivity index (χ4v) is 5.75. The molecule has 0 saturated carbocycles. The molecule has 1 aromatic rings. The van der Waals surface area contributed by atoms with Crippen molar-refractivity contribution in [2.45, 2.75) is 142 Å². The second kappa shape index (κ2) is 23.6. The Kier molecular flexibility index (Phi) is 20.8. The minimum atomic E-state index is 0.273. The zero-order valence-corrected chi connectivity index (χ0v) is 24.5. The first kappa shape index (κ1) is 31.7. The lowest BCUT2D eigenvalue weighted by Crippen LogP contribution is -2.29. The Morgan fingerprint density at radius 3 is 1.86 bits per heavy atom. The second-order valence-corrected chi connectivity index (χ2v) is 11.7. The summed E-state index contributed by atoms with van der Waals surface area (Å²) < 4.78 is 20.0. The van der Waals surface area contributed by atoms with Gasteiger partial charge in [-0.25, -0.2) is 0 Å². The molecule has 0 N–H and O–H groups in total. The Hall–Kier alpha value is -0.490. The van der Waals surface area contributed by atoms with E-state index in [-0.39, 0.29) is 6.10 Å². The number of ether oxygens (including phenoxy) is 3. The molecule has 0 aliphatic carbocycles. The first-order valence-corrected chi connectivity index (χ1v) is 16.5. The van der Waals surface area contributed by atoms with Gasteiger partial charge in [0.1, 0.15) is 6.54 Å². The molecular weight excluding hydrogens is 466 g/mol. The van der Waals surface area contributed by atoms with E-state index in [9.17, 15) is 0 Å². The molecule has 1 aliphatic heterocycles. The van der Waals surface area contributed by atoms with E-state index in [1.54, 1.807) is 11.3 Å². The topological polar surface area (TPSA) is 31.6 Å². The predicted molar refractivity (Wildman–Crippen MR) is 153 cm³/mol. The molecular formula is C31H58NO3S+. The summed E-state index contributed by atoms with van der Waals surface area (Å²) in [6, 6.07) is 0. The van der Waals surface area contributed by atoms with Crippen molar-refractivity contribution in [1.29, 1.82) is 0 Å². The highest BCUT2D eigenvalue weighted by Gasteiger charge is 2.25. The Labute approximate surface area is 227 Å². The standard InChI is InChI=1S/C31H58NO3S/c1-2-3-4-5-6-7-8-9-10-11-12-13-15-18-22-33-26-30-25-31(35-27-30)28-34-23-19-16-14-17-20-32-21-24-36-29-32/h21,24,29-31H,2-20,22-23,25-28H2,1H3/q+1/t30-,31-/m0/s1. The summed E-state index contributed by atoms with van der Waals surface area (Å²) in [5.41, 5.74) is 2.18. The van der Waals surface area contributed by atoms with Crippen LogP contribution in [0.15, 0.2) is 17.1 Å². The van der Waals surface area contributed by atoms with Crippen LogP contribution >= 0.6 is 11.3 Å². The summed E-state index contributed by atoms with van der Waals surface area (Å²) in [5, 5.41) is 2.14. The largest absolute Gasteiger partial charge is 0.381 e. The van der Waals surface area contributed by atoms with E-state index < -0.39 is 0 Å². The van der Waals surface area contributed by atoms with E-state index in [1.807, 2.05) is 0 Å². The number of nitrogens with zero attached hydrogens (tertiary/aromatic N) is 1. The van der Waals surface area contributed by atoms with E-state index in [0.717, 1.165) is 52.4 Å². The summed E-state index contributed by atoms with van der Waals surface area (Å²) in [7, 11) is 0. The van der Waals surface area contributed by atoms with Crippen LogP contribution in [0.3, 0.4) is 0 Å². The highest BCUT2D eigenvalue weighted by Crippen LogP contribution is 2.20. The quantitative estimate of drug-likeness (QED) is 0.0899. The molecule has 1 aromatic heterocycles. The summed E-state index contributed by atoms with van der Waals surface area (Å²) in [6.45, 7) is 7.67. The molecule has 2 atom stereocenters. The molecule has 1 saturated heterocycles. The third-order valence-corrected chi connectivity index (χ3v) is 8.12. The van der Waals surface area contributed by atoms with Crippen molar-refractivity contribution >= 4 is 11.3 Å². The van der Waals surface area contributed by atoms with E-state index in [0.29, 0.717) is 5.92 Å². The van der Waals surface area contributed by atoms with Gasteiger partial charge in [-0.05, 0) is 25.7 Å². The Morgan fingerprint density at radius 1 is 0.722 bits per heavy atom. The van der Waals surface area contributed by atoms with Gasteiger partial charge in [-0.2, -0.15) is 4.57 Å². The molecule has 0 aromatic carbocycles. The normalized spacial score (nSPS) is 17.8. The molecule has 0 unspecified atom stereocenters. The fraction of sp³-hybridized carbons (Fsp3) is 0.903. The average Bonchev–Trinajstić information content (AvgIpc) is 3.58. The minimum Gasteiger partial charge on any atom is -0.381 e. The predicted octanol–water partition coefficient (Wildman–Crippen LogP) is 8.52. The summed E-state index contributed by atoms with van der Waals surface area (Å²) in [6.07, 6.45) is 28.2. The molecule has 0 spiro atoms. The lowest BCUT2D eigenvalue weighted by Gasteiger charge is -2.11. The van der Waals surface area contributed by atoms with Crippen molar-refractivity contribution < 1.29 is 18.8 Å². The van der Waals surface area contributed by atoms with E-state index in [4.69, 9.17) is 14.2 Å². The third kappa shape index (κ3) is 17.9. The number of hydrogen-bond donors (Lipinski definition) is 0.